The zero-order chi connectivity index (χ0) is 14.5. The molecule has 1 saturated carbocycles. The molecule has 1 N–H and O–H groups in total. The van der Waals surface area contributed by atoms with Crippen molar-refractivity contribution < 1.29 is 4.79 Å². The number of nitrogens with zero attached hydrogens (tertiary/aromatic N) is 2. The summed E-state index contributed by atoms with van der Waals surface area (Å²) < 4.78 is 0. The van der Waals surface area contributed by atoms with E-state index in [1.165, 1.54) is 0 Å². The molecule has 2 amide bonds. The van der Waals surface area contributed by atoms with Crippen LogP contribution < -0.4 is 5.32 Å². The normalized spacial score (nSPS) is 14.8. The van der Waals surface area contributed by atoms with E-state index in [1.54, 1.807) is 11.0 Å². The van der Waals surface area contributed by atoms with E-state index in [2.05, 4.69) is 11.4 Å². The molecule has 0 bridgehead atoms. The fraction of sp³-hybridized carbons (Fsp3) is 0.467. The summed E-state index contributed by atoms with van der Waals surface area (Å²) in [5.41, 5.74) is 1.63. The van der Waals surface area contributed by atoms with Gasteiger partial charge in [0.2, 0.25) is 0 Å². The van der Waals surface area contributed by atoms with Gasteiger partial charge in [0.15, 0.2) is 0 Å². The van der Waals surface area contributed by atoms with Crippen LogP contribution in [0.3, 0.4) is 0 Å². The number of carbonyl (C=O) groups excluding carboxylic acids is 1. The quantitative estimate of drug-likeness (QED) is 0.857. The molecule has 1 aliphatic carbocycles. The maximum atomic E-state index is 12.3. The lowest BCUT2D eigenvalue weighted by atomic mass is 10.2. The second-order valence-electron chi connectivity index (χ2n) is 5.12. The Kier molecular flexibility index (Phi) is 4.86. The SMILES string of the molecule is Cc1ccc(NC(=O)N(CC#N)C2CCCC2)cc1Cl. The zero-order valence-corrected chi connectivity index (χ0v) is 12.3. The maximum Gasteiger partial charge on any atom is 0.322 e. The Morgan fingerprint density at radius 2 is 2.20 bits per heavy atom. The Balaban J connectivity index is 2.07. The van der Waals surface area contributed by atoms with Gasteiger partial charge in [0.05, 0.1) is 6.07 Å². The monoisotopic (exact) mass is 291 g/mol. The van der Waals surface area contributed by atoms with Crippen molar-refractivity contribution in [2.45, 2.75) is 38.6 Å². The molecule has 0 saturated heterocycles. The van der Waals surface area contributed by atoms with Gasteiger partial charge in [-0.3, -0.25) is 0 Å². The van der Waals surface area contributed by atoms with Gasteiger partial charge in [0, 0.05) is 16.8 Å². The highest BCUT2D eigenvalue weighted by Crippen LogP contribution is 2.25. The number of hydrogen-bond donors (Lipinski definition) is 1. The van der Waals surface area contributed by atoms with Crippen LogP contribution in [0.1, 0.15) is 31.2 Å². The third-order valence-electron chi connectivity index (χ3n) is 3.69. The number of amides is 2. The van der Waals surface area contributed by atoms with Crippen LogP contribution in [0.5, 0.6) is 0 Å². The molecule has 0 unspecified atom stereocenters. The molecule has 0 radical (unpaired) electrons. The molecule has 0 heterocycles. The standard InChI is InChI=1S/C15H18ClN3O/c1-11-6-7-12(10-14(11)16)18-15(20)19(9-8-17)13-4-2-3-5-13/h6-7,10,13H,2-5,9H2,1H3,(H,18,20). The molecule has 5 heteroatoms. The smallest absolute Gasteiger partial charge is 0.308 e. The Hall–Kier alpha value is -1.73. The Morgan fingerprint density at radius 1 is 1.50 bits per heavy atom. The van der Waals surface area contributed by atoms with Gasteiger partial charge >= 0.3 is 6.03 Å². The number of nitrogens with one attached hydrogen (secondary N) is 1. The molecule has 1 aliphatic rings. The summed E-state index contributed by atoms with van der Waals surface area (Å²) in [7, 11) is 0. The predicted octanol–water partition coefficient (Wildman–Crippen LogP) is 3.95. The van der Waals surface area contributed by atoms with Gasteiger partial charge in [0.25, 0.3) is 0 Å². The summed E-state index contributed by atoms with van der Waals surface area (Å²) in [6, 6.07) is 7.43. The van der Waals surface area contributed by atoms with Crippen LogP contribution in [-0.4, -0.2) is 23.5 Å². The van der Waals surface area contributed by atoms with Crippen LogP contribution in [0.2, 0.25) is 5.02 Å². The number of rotatable bonds is 3. The van der Waals surface area contributed by atoms with Crippen molar-refractivity contribution in [3.8, 4) is 6.07 Å². The first-order chi connectivity index (χ1) is 9.61. The highest BCUT2D eigenvalue weighted by molar-refractivity contribution is 6.31. The van der Waals surface area contributed by atoms with Crippen LogP contribution >= 0.6 is 11.6 Å². The second kappa shape index (κ2) is 6.62. The first-order valence-electron chi connectivity index (χ1n) is 6.82. The van der Waals surface area contributed by atoms with E-state index in [0.717, 1.165) is 31.2 Å². The fourth-order valence-corrected chi connectivity index (χ4v) is 2.71. The molecule has 4 nitrogen and oxygen atoms in total. The molecule has 0 aliphatic heterocycles. The second-order valence-corrected chi connectivity index (χ2v) is 5.53. The zero-order valence-electron chi connectivity index (χ0n) is 11.5. The number of anilines is 1. The van der Waals surface area contributed by atoms with Crippen LogP contribution in [0, 0.1) is 18.3 Å². The van der Waals surface area contributed by atoms with Crippen LogP contribution in [0.15, 0.2) is 18.2 Å². The average Bonchev–Trinajstić information content (AvgIpc) is 2.94. The summed E-state index contributed by atoms with van der Waals surface area (Å²) >= 11 is 6.05. The van der Waals surface area contributed by atoms with Crippen molar-refractivity contribution in [1.82, 2.24) is 4.90 Å². The summed E-state index contributed by atoms with van der Waals surface area (Å²) in [5, 5.41) is 12.3. The highest BCUT2D eigenvalue weighted by atomic mass is 35.5. The number of benzene rings is 1. The number of carbonyl (C=O) groups is 1. The highest BCUT2D eigenvalue weighted by Gasteiger charge is 2.26. The Bertz CT molecular complexity index is 532. The van der Waals surface area contributed by atoms with E-state index in [0.29, 0.717) is 10.7 Å². The molecule has 0 aromatic heterocycles. The lowest BCUT2D eigenvalue weighted by Crippen LogP contribution is -2.41. The van der Waals surface area contributed by atoms with Crippen molar-refractivity contribution in [3.05, 3.63) is 28.8 Å². The number of urea groups is 1. The van der Waals surface area contributed by atoms with E-state index in [-0.39, 0.29) is 18.6 Å². The van der Waals surface area contributed by atoms with Gasteiger partial charge in [0.1, 0.15) is 6.54 Å². The van der Waals surface area contributed by atoms with E-state index in [4.69, 9.17) is 16.9 Å². The van der Waals surface area contributed by atoms with Gasteiger partial charge < -0.3 is 10.2 Å². The molecular formula is C15H18ClN3O. The lowest BCUT2D eigenvalue weighted by Gasteiger charge is -2.26. The third kappa shape index (κ3) is 3.43. The minimum Gasteiger partial charge on any atom is -0.308 e. The molecule has 1 aromatic rings. The van der Waals surface area contributed by atoms with Gasteiger partial charge in [-0.1, -0.05) is 30.5 Å². The minimum atomic E-state index is -0.224. The van der Waals surface area contributed by atoms with Crippen LogP contribution in [0.25, 0.3) is 0 Å². The molecular weight excluding hydrogens is 274 g/mol. The third-order valence-corrected chi connectivity index (χ3v) is 4.10. The largest absolute Gasteiger partial charge is 0.322 e. The molecule has 0 spiro atoms. The average molecular weight is 292 g/mol. The Labute approximate surface area is 124 Å². The molecule has 1 aromatic carbocycles. The molecule has 106 valence electrons. The van der Waals surface area contributed by atoms with Gasteiger partial charge in [-0.25, -0.2) is 4.79 Å². The van der Waals surface area contributed by atoms with Crippen molar-refractivity contribution in [2.24, 2.45) is 0 Å². The molecule has 20 heavy (non-hydrogen) atoms. The summed E-state index contributed by atoms with van der Waals surface area (Å²) in [6.07, 6.45) is 4.19. The van der Waals surface area contributed by atoms with Gasteiger partial charge in [-0.05, 0) is 37.5 Å². The summed E-state index contributed by atoms with van der Waals surface area (Å²) in [6.45, 7) is 2.03. The number of nitriles is 1. The van der Waals surface area contributed by atoms with E-state index in [1.807, 2.05) is 19.1 Å². The first kappa shape index (κ1) is 14.7. The maximum absolute atomic E-state index is 12.3. The predicted molar refractivity (Wildman–Crippen MR) is 79.8 cm³/mol. The Morgan fingerprint density at radius 3 is 2.80 bits per heavy atom. The first-order valence-corrected chi connectivity index (χ1v) is 7.20. The van der Waals surface area contributed by atoms with Crippen LogP contribution in [0.4, 0.5) is 10.5 Å². The topological polar surface area (TPSA) is 56.1 Å². The van der Waals surface area contributed by atoms with Crippen molar-refractivity contribution in [3.63, 3.8) is 0 Å². The van der Waals surface area contributed by atoms with E-state index < -0.39 is 0 Å². The van der Waals surface area contributed by atoms with Crippen LogP contribution in [-0.2, 0) is 0 Å². The van der Waals surface area contributed by atoms with Crippen molar-refractivity contribution in [1.29, 1.82) is 5.26 Å². The minimum absolute atomic E-state index is 0.121. The summed E-state index contributed by atoms with van der Waals surface area (Å²) in [4.78, 5) is 13.9. The lowest BCUT2D eigenvalue weighted by molar-refractivity contribution is 0.197. The van der Waals surface area contributed by atoms with E-state index >= 15 is 0 Å². The summed E-state index contributed by atoms with van der Waals surface area (Å²) in [5.74, 6) is 0. The van der Waals surface area contributed by atoms with E-state index in [9.17, 15) is 4.79 Å². The fourth-order valence-electron chi connectivity index (χ4n) is 2.52. The molecule has 0 atom stereocenters. The molecule has 2 rings (SSSR count). The number of aryl methyl sites for hydroxylation is 1. The van der Waals surface area contributed by atoms with Crippen molar-refractivity contribution in [2.75, 3.05) is 11.9 Å². The molecule has 1 fully saturated rings. The number of halogens is 1. The van der Waals surface area contributed by atoms with Crippen molar-refractivity contribution >= 4 is 23.3 Å². The van der Waals surface area contributed by atoms with Gasteiger partial charge in [-0.2, -0.15) is 5.26 Å². The number of hydrogen-bond acceptors (Lipinski definition) is 2. The van der Waals surface area contributed by atoms with Gasteiger partial charge in [-0.15, -0.1) is 0 Å².